The molecule has 3 rings (SSSR count). The zero-order chi connectivity index (χ0) is 15.0. The summed E-state index contributed by atoms with van der Waals surface area (Å²) >= 11 is 0. The Morgan fingerprint density at radius 1 is 1.14 bits per heavy atom. The maximum absolute atomic E-state index is 12.6. The van der Waals surface area contributed by atoms with Gasteiger partial charge in [0.05, 0.1) is 6.10 Å². The van der Waals surface area contributed by atoms with Crippen LogP contribution in [0.2, 0.25) is 0 Å². The number of hydrogen-bond acceptors (Lipinski definition) is 2. The van der Waals surface area contributed by atoms with Crippen LogP contribution in [0, 0.1) is 6.92 Å². The molecule has 21 heavy (non-hydrogen) atoms. The summed E-state index contributed by atoms with van der Waals surface area (Å²) in [6.07, 6.45) is -2.97. The molecular formula is C17H16F2O2. The maximum atomic E-state index is 12.6. The van der Waals surface area contributed by atoms with Gasteiger partial charge in [-0.3, -0.25) is 0 Å². The Labute approximate surface area is 122 Å². The molecule has 1 unspecified atom stereocenters. The first-order valence-electron chi connectivity index (χ1n) is 6.88. The van der Waals surface area contributed by atoms with Gasteiger partial charge in [-0.25, -0.2) is 8.78 Å². The first kappa shape index (κ1) is 14.0. The fourth-order valence-corrected chi connectivity index (χ4v) is 2.63. The third-order valence-electron chi connectivity index (χ3n) is 3.79. The minimum Gasteiger partial charge on any atom is -0.485 e. The molecule has 0 fully saturated rings. The highest BCUT2D eigenvalue weighted by Crippen LogP contribution is 2.41. The van der Waals surface area contributed by atoms with Crippen molar-refractivity contribution in [2.75, 3.05) is 0 Å². The average molecular weight is 290 g/mol. The molecule has 4 heteroatoms. The summed E-state index contributed by atoms with van der Waals surface area (Å²) in [6.45, 7) is 1.96. The number of alkyl halides is 2. The van der Waals surface area contributed by atoms with Crippen molar-refractivity contribution in [2.45, 2.75) is 32.0 Å². The molecule has 0 saturated carbocycles. The summed E-state index contributed by atoms with van der Waals surface area (Å²) in [4.78, 5) is 0. The number of ether oxygens (including phenoxy) is 1. The minimum atomic E-state index is -2.47. The highest BCUT2D eigenvalue weighted by molar-refractivity contribution is 5.41. The lowest BCUT2D eigenvalue weighted by Gasteiger charge is -2.30. The minimum absolute atomic E-state index is 0.00821. The van der Waals surface area contributed by atoms with Crippen molar-refractivity contribution < 1.29 is 18.6 Å². The molecule has 0 saturated heterocycles. The van der Waals surface area contributed by atoms with Crippen LogP contribution < -0.4 is 4.74 Å². The van der Waals surface area contributed by atoms with Crippen molar-refractivity contribution >= 4 is 0 Å². The molecule has 0 amide bonds. The van der Waals surface area contributed by atoms with Crippen molar-refractivity contribution in [3.8, 4) is 5.75 Å². The van der Waals surface area contributed by atoms with Crippen LogP contribution in [0.1, 0.15) is 47.3 Å². The molecule has 0 radical (unpaired) electrons. The van der Waals surface area contributed by atoms with E-state index in [0.29, 0.717) is 12.2 Å². The lowest BCUT2D eigenvalue weighted by Crippen LogP contribution is -2.19. The summed E-state index contributed by atoms with van der Waals surface area (Å²) in [6, 6.07) is 11.8. The first-order valence-corrected chi connectivity index (χ1v) is 6.88. The number of benzene rings is 2. The number of rotatable bonds is 2. The van der Waals surface area contributed by atoms with E-state index in [9.17, 15) is 13.9 Å². The monoisotopic (exact) mass is 290 g/mol. The van der Waals surface area contributed by atoms with Crippen LogP contribution in [0.3, 0.4) is 0 Å². The molecule has 110 valence electrons. The Balaban J connectivity index is 1.86. The van der Waals surface area contributed by atoms with E-state index in [1.54, 1.807) is 12.1 Å². The van der Waals surface area contributed by atoms with Crippen LogP contribution in [-0.2, 0) is 0 Å². The second kappa shape index (κ2) is 5.45. The van der Waals surface area contributed by atoms with E-state index >= 15 is 0 Å². The largest absolute Gasteiger partial charge is 0.485 e. The highest BCUT2D eigenvalue weighted by Gasteiger charge is 2.28. The summed E-state index contributed by atoms with van der Waals surface area (Å²) in [5.41, 5.74) is 2.64. The number of aliphatic hydroxyl groups is 1. The van der Waals surface area contributed by atoms with Crippen molar-refractivity contribution in [1.82, 2.24) is 0 Å². The topological polar surface area (TPSA) is 29.5 Å². The molecule has 2 nitrogen and oxygen atoms in total. The highest BCUT2D eigenvalue weighted by atomic mass is 19.3. The molecule has 0 aliphatic carbocycles. The zero-order valence-corrected chi connectivity index (χ0v) is 11.6. The average Bonchev–Trinajstić information content (AvgIpc) is 2.48. The first-order chi connectivity index (χ1) is 10.0. The van der Waals surface area contributed by atoms with Gasteiger partial charge in [-0.15, -0.1) is 0 Å². The predicted octanol–water partition coefficient (Wildman–Crippen LogP) is 4.49. The van der Waals surface area contributed by atoms with Gasteiger partial charge in [0.25, 0.3) is 6.43 Å². The normalized spacial score (nSPS) is 21.0. The van der Waals surface area contributed by atoms with E-state index in [4.69, 9.17) is 4.74 Å². The van der Waals surface area contributed by atoms with Crippen LogP contribution in [0.25, 0.3) is 0 Å². The number of aryl methyl sites for hydroxylation is 1. The molecule has 1 heterocycles. The van der Waals surface area contributed by atoms with Crippen molar-refractivity contribution in [1.29, 1.82) is 0 Å². The number of halogens is 2. The standard InChI is InChI=1S/C17H16F2O2/c1-10-2-7-15-13(8-10)14(20)9-16(21-15)11-3-5-12(6-4-11)17(18)19/h2-8,14,16-17,20H,9H2,1H3/t14-,16?/m1/s1. The van der Waals surface area contributed by atoms with E-state index in [1.165, 1.54) is 12.1 Å². The second-order valence-electron chi connectivity index (χ2n) is 5.37. The molecular weight excluding hydrogens is 274 g/mol. The maximum Gasteiger partial charge on any atom is 0.263 e. The van der Waals surface area contributed by atoms with E-state index < -0.39 is 12.5 Å². The second-order valence-corrected chi connectivity index (χ2v) is 5.37. The molecule has 1 aliphatic rings. The lowest BCUT2D eigenvalue weighted by molar-refractivity contribution is 0.0656. The Hall–Kier alpha value is -1.94. The van der Waals surface area contributed by atoms with Crippen LogP contribution in [0.15, 0.2) is 42.5 Å². The molecule has 2 atom stereocenters. The van der Waals surface area contributed by atoms with Gasteiger partial charge >= 0.3 is 0 Å². The fourth-order valence-electron chi connectivity index (χ4n) is 2.63. The van der Waals surface area contributed by atoms with Gasteiger partial charge in [0, 0.05) is 17.5 Å². The zero-order valence-electron chi connectivity index (χ0n) is 11.6. The van der Waals surface area contributed by atoms with Gasteiger partial charge in [-0.2, -0.15) is 0 Å². The molecule has 1 aliphatic heterocycles. The number of fused-ring (bicyclic) bond motifs is 1. The van der Waals surface area contributed by atoms with Gasteiger partial charge in [0.2, 0.25) is 0 Å². The Morgan fingerprint density at radius 3 is 2.52 bits per heavy atom. The van der Waals surface area contributed by atoms with Gasteiger partial charge in [-0.05, 0) is 24.6 Å². The van der Waals surface area contributed by atoms with Crippen molar-refractivity contribution in [3.63, 3.8) is 0 Å². The van der Waals surface area contributed by atoms with E-state index in [1.807, 2.05) is 25.1 Å². The lowest BCUT2D eigenvalue weighted by atomic mass is 9.93. The van der Waals surface area contributed by atoms with E-state index in [-0.39, 0.29) is 11.7 Å². The molecule has 0 spiro atoms. The third-order valence-corrected chi connectivity index (χ3v) is 3.79. The Bertz CT molecular complexity index is 638. The Kier molecular flexibility index (Phi) is 3.64. The van der Waals surface area contributed by atoms with Crippen LogP contribution in [0.5, 0.6) is 5.75 Å². The van der Waals surface area contributed by atoms with Crippen molar-refractivity contribution in [3.05, 3.63) is 64.7 Å². The summed E-state index contributed by atoms with van der Waals surface area (Å²) in [5, 5.41) is 10.3. The van der Waals surface area contributed by atoms with Gasteiger partial charge in [0.15, 0.2) is 0 Å². The SMILES string of the molecule is Cc1ccc2c(c1)[C@H](O)CC(c1ccc(C(F)F)cc1)O2. The smallest absolute Gasteiger partial charge is 0.263 e. The third kappa shape index (κ3) is 2.76. The van der Waals surface area contributed by atoms with E-state index in [0.717, 1.165) is 16.7 Å². The molecule has 2 aromatic rings. The summed E-state index contributed by atoms with van der Waals surface area (Å²) in [7, 11) is 0. The number of hydrogen-bond donors (Lipinski definition) is 1. The van der Waals surface area contributed by atoms with Crippen molar-refractivity contribution in [2.24, 2.45) is 0 Å². The fraction of sp³-hybridized carbons (Fsp3) is 0.294. The molecule has 1 N–H and O–H groups in total. The summed E-state index contributed by atoms with van der Waals surface area (Å²) < 4.78 is 31.0. The molecule has 2 aromatic carbocycles. The van der Waals surface area contributed by atoms with Gasteiger partial charge in [-0.1, -0.05) is 35.9 Å². The van der Waals surface area contributed by atoms with Gasteiger partial charge < -0.3 is 9.84 Å². The van der Waals surface area contributed by atoms with E-state index in [2.05, 4.69) is 0 Å². The van der Waals surface area contributed by atoms with Crippen LogP contribution in [0.4, 0.5) is 8.78 Å². The van der Waals surface area contributed by atoms with Crippen LogP contribution >= 0.6 is 0 Å². The molecule has 0 aromatic heterocycles. The predicted molar refractivity (Wildman–Crippen MR) is 75.5 cm³/mol. The number of aliphatic hydroxyl groups excluding tert-OH is 1. The van der Waals surface area contributed by atoms with Crippen LogP contribution in [-0.4, -0.2) is 5.11 Å². The Morgan fingerprint density at radius 2 is 1.86 bits per heavy atom. The molecule has 0 bridgehead atoms. The summed E-state index contributed by atoms with van der Waals surface area (Å²) in [5.74, 6) is 0.655. The quantitative estimate of drug-likeness (QED) is 0.883. The van der Waals surface area contributed by atoms with Gasteiger partial charge in [0.1, 0.15) is 11.9 Å².